The number of pyridine rings is 1. The summed E-state index contributed by atoms with van der Waals surface area (Å²) in [4.78, 5) is 18.4. The quantitative estimate of drug-likeness (QED) is 0.837. The van der Waals surface area contributed by atoms with Gasteiger partial charge < -0.3 is 10.0 Å². The number of aromatic nitrogens is 1. The van der Waals surface area contributed by atoms with Crippen LogP contribution in [-0.2, 0) is 0 Å². The first-order valence-corrected chi connectivity index (χ1v) is 7.00. The predicted molar refractivity (Wildman–Crippen MR) is 71.8 cm³/mol. The van der Waals surface area contributed by atoms with E-state index in [2.05, 4.69) is 4.98 Å². The smallest absolute Gasteiger partial charge is 0.255 e. The molecule has 102 valence electrons. The van der Waals surface area contributed by atoms with Crippen LogP contribution in [0.2, 0.25) is 0 Å². The van der Waals surface area contributed by atoms with E-state index in [0.717, 1.165) is 44.3 Å². The van der Waals surface area contributed by atoms with Crippen molar-refractivity contribution in [3.63, 3.8) is 0 Å². The van der Waals surface area contributed by atoms with Crippen molar-refractivity contribution in [3.05, 3.63) is 29.6 Å². The van der Waals surface area contributed by atoms with Crippen LogP contribution in [0.1, 0.15) is 41.6 Å². The Kier molecular flexibility index (Phi) is 3.05. The maximum Gasteiger partial charge on any atom is 0.255 e. The lowest BCUT2D eigenvalue weighted by molar-refractivity contribution is -0.0952. The third-order valence-corrected chi connectivity index (χ3v) is 4.79. The van der Waals surface area contributed by atoms with Gasteiger partial charge in [0.2, 0.25) is 0 Å². The monoisotopic (exact) mass is 260 g/mol. The first-order chi connectivity index (χ1) is 9.11. The molecule has 2 heterocycles. The Labute approximate surface area is 113 Å². The molecule has 1 spiro atoms. The molecule has 4 nitrogen and oxygen atoms in total. The number of carbonyl (C=O) groups excluding carboxylic acids is 1. The number of nitrogens with zero attached hydrogens (tertiary/aromatic N) is 2. The Bertz CT molecular complexity index is 493. The highest BCUT2D eigenvalue weighted by atomic mass is 16.3. The summed E-state index contributed by atoms with van der Waals surface area (Å²) in [5.74, 6) is 0.0693. The van der Waals surface area contributed by atoms with Crippen molar-refractivity contribution in [2.24, 2.45) is 5.41 Å². The Hall–Kier alpha value is -1.42. The molecule has 0 bridgehead atoms. The first kappa shape index (κ1) is 12.6. The van der Waals surface area contributed by atoms with E-state index in [1.807, 2.05) is 17.9 Å². The van der Waals surface area contributed by atoms with E-state index in [9.17, 15) is 9.90 Å². The summed E-state index contributed by atoms with van der Waals surface area (Å²) in [6, 6.07) is 1.89. The Morgan fingerprint density at radius 1 is 1.37 bits per heavy atom. The predicted octanol–water partition coefficient (Wildman–Crippen LogP) is 1.77. The normalized spacial score (nSPS) is 25.2. The average Bonchev–Trinajstić information content (AvgIpc) is 2.45. The molecule has 1 aromatic rings. The van der Waals surface area contributed by atoms with Crippen LogP contribution in [0.3, 0.4) is 0 Å². The van der Waals surface area contributed by atoms with Gasteiger partial charge in [0.1, 0.15) is 0 Å². The summed E-state index contributed by atoms with van der Waals surface area (Å²) >= 11 is 0. The fourth-order valence-corrected chi connectivity index (χ4v) is 3.27. The zero-order valence-corrected chi connectivity index (χ0v) is 11.3. The van der Waals surface area contributed by atoms with Crippen LogP contribution in [0.4, 0.5) is 0 Å². The maximum absolute atomic E-state index is 12.4. The molecule has 19 heavy (non-hydrogen) atoms. The van der Waals surface area contributed by atoms with Crippen LogP contribution in [-0.4, -0.2) is 40.1 Å². The van der Waals surface area contributed by atoms with Crippen LogP contribution < -0.4 is 0 Å². The van der Waals surface area contributed by atoms with Crippen molar-refractivity contribution in [3.8, 4) is 0 Å². The van der Waals surface area contributed by atoms with E-state index in [1.54, 1.807) is 12.4 Å². The number of hydrogen-bond donors (Lipinski definition) is 1. The molecular formula is C15H20N2O2. The van der Waals surface area contributed by atoms with E-state index in [4.69, 9.17) is 0 Å². The van der Waals surface area contributed by atoms with Gasteiger partial charge in [-0.2, -0.15) is 0 Å². The second-order valence-corrected chi connectivity index (χ2v) is 5.96. The van der Waals surface area contributed by atoms with Crippen LogP contribution in [0, 0.1) is 12.3 Å². The van der Waals surface area contributed by atoms with Gasteiger partial charge in [0.15, 0.2) is 0 Å². The lowest BCUT2D eigenvalue weighted by Gasteiger charge is -2.51. The molecule has 2 aliphatic rings. The maximum atomic E-state index is 12.4. The van der Waals surface area contributed by atoms with E-state index in [-0.39, 0.29) is 17.4 Å². The van der Waals surface area contributed by atoms with Gasteiger partial charge in [-0.3, -0.25) is 9.78 Å². The third-order valence-electron chi connectivity index (χ3n) is 4.79. The van der Waals surface area contributed by atoms with Crippen molar-refractivity contribution in [1.82, 2.24) is 9.88 Å². The topological polar surface area (TPSA) is 53.4 Å². The van der Waals surface area contributed by atoms with E-state index in [1.165, 1.54) is 0 Å². The molecule has 1 aromatic heterocycles. The van der Waals surface area contributed by atoms with Crippen LogP contribution in [0.5, 0.6) is 0 Å². The molecule has 3 rings (SSSR count). The highest BCUT2D eigenvalue weighted by molar-refractivity contribution is 5.94. The highest BCUT2D eigenvalue weighted by Gasteiger charge is 2.47. The summed E-state index contributed by atoms with van der Waals surface area (Å²) in [7, 11) is 0. The Morgan fingerprint density at radius 2 is 2.11 bits per heavy atom. The van der Waals surface area contributed by atoms with Gasteiger partial charge in [-0.25, -0.2) is 0 Å². The Morgan fingerprint density at radius 3 is 2.63 bits per heavy atom. The number of aliphatic hydroxyl groups excluding tert-OH is 1. The second kappa shape index (κ2) is 4.60. The van der Waals surface area contributed by atoms with Gasteiger partial charge in [0.05, 0.1) is 11.7 Å². The van der Waals surface area contributed by atoms with Gasteiger partial charge in [-0.1, -0.05) is 0 Å². The van der Waals surface area contributed by atoms with Crippen molar-refractivity contribution in [2.45, 2.75) is 38.7 Å². The fourth-order valence-electron chi connectivity index (χ4n) is 3.27. The van der Waals surface area contributed by atoms with Crippen molar-refractivity contribution >= 4 is 5.91 Å². The lowest BCUT2D eigenvalue weighted by Crippen LogP contribution is -2.53. The fraction of sp³-hybridized carbons (Fsp3) is 0.600. The van der Waals surface area contributed by atoms with Crippen molar-refractivity contribution in [2.75, 3.05) is 13.1 Å². The number of aliphatic hydroxyl groups is 1. The minimum absolute atomic E-state index is 0.0693. The summed E-state index contributed by atoms with van der Waals surface area (Å²) in [5, 5.41) is 9.89. The summed E-state index contributed by atoms with van der Waals surface area (Å²) in [6.07, 6.45) is 7.14. The molecule has 1 saturated carbocycles. The molecule has 0 aromatic carbocycles. The largest absolute Gasteiger partial charge is 0.393 e. The zero-order valence-electron chi connectivity index (χ0n) is 11.3. The molecule has 1 aliphatic heterocycles. The summed E-state index contributed by atoms with van der Waals surface area (Å²) < 4.78 is 0. The summed E-state index contributed by atoms with van der Waals surface area (Å²) in [5.41, 5.74) is 1.79. The average molecular weight is 260 g/mol. The molecule has 1 aliphatic carbocycles. The van der Waals surface area contributed by atoms with E-state index in [0.29, 0.717) is 5.56 Å². The molecule has 0 radical (unpaired) electrons. The minimum Gasteiger partial charge on any atom is -0.393 e. The lowest BCUT2D eigenvalue weighted by atomic mass is 9.61. The van der Waals surface area contributed by atoms with Gasteiger partial charge in [-0.15, -0.1) is 0 Å². The second-order valence-electron chi connectivity index (χ2n) is 5.96. The number of carbonyl (C=O) groups is 1. The molecular weight excluding hydrogens is 240 g/mol. The number of piperidine rings is 1. The van der Waals surface area contributed by atoms with Crippen molar-refractivity contribution in [1.29, 1.82) is 0 Å². The van der Waals surface area contributed by atoms with E-state index < -0.39 is 0 Å². The van der Waals surface area contributed by atoms with Crippen molar-refractivity contribution < 1.29 is 9.90 Å². The summed E-state index contributed by atoms with van der Waals surface area (Å²) in [6.45, 7) is 3.45. The Balaban J connectivity index is 1.67. The number of rotatable bonds is 1. The standard InChI is InChI=1S/C15H20N2O2/c1-11-8-12(10-16-9-11)14(19)17-6-4-15(5-7-17)3-2-13(15)18/h8-10,13,18H,2-7H2,1H3. The van der Waals surface area contributed by atoms with Gasteiger partial charge in [0.25, 0.3) is 5.91 Å². The molecule has 1 unspecified atom stereocenters. The van der Waals surface area contributed by atoms with Crippen LogP contribution in [0.15, 0.2) is 18.5 Å². The zero-order chi connectivity index (χ0) is 13.5. The van der Waals surface area contributed by atoms with Gasteiger partial charge in [0, 0.05) is 25.5 Å². The molecule has 1 N–H and O–H groups in total. The van der Waals surface area contributed by atoms with Gasteiger partial charge >= 0.3 is 0 Å². The molecule has 2 fully saturated rings. The van der Waals surface area contributed by atoms with Crippen LogP contribution in [0.25, 0.3) is 0 Å². The van der Waals surface area contributed by atoms with Gasteiger partial charge in [-0.05, 0) is 49.7 Å². The number of aryl methyl sites for hydroxylation is 1. The highest BCUT2D eigenvalue weighted by Crippen LogP contribution is 2.49. The molecule has 1 amide bonds. The molecule has 4 heteroatoms. The number of amides is 1. The SMILES string of the molecule is Cc1cncc(C(=O)N2CCC3(CCC3O)CC2)c1. The number of likely N-dealkylation sites (tertiary alicyclic amines) is 1. The number of hydrogen-bond acceptors (Lipinski definition) is 3. The van der Waals surface area contributed by atoms with E-state index >= 15 is 0 Å². The molecule has 1 atom stereocenters. The first-order valence-electron chi connectivity index (χ1n) is 7.00. The third kappa shape index (κ3) is 2.14. The molecule has 1 saturated heterocycles. The minimum atomic E-state index is -0.148. The van der Waals surface area contributed by atoms with Crippen LogP contribution >= 0.6 is 0 Å².